The molecule has 2 N–H and O–H groups in total. The molecule has 15 heavy (non-hydrogen) atoms. The first-order valence-corrected chi connectivity index (χ1v) is 4.21. The Morgan fingerprint density at radius 3 is 2.20 bits per heavy atom. The lowest BCUT2D eigenvalue weighted by Gasteiger charge is -2.01. The third-order valence-corrected chi connectivity index (χ3v) is 1.70. The lowest BCUT2D eigenvalue weighted by molar-refractivity contribution is -0.142. The fourth-order valence-electron chi connectivity index (χ4n) is 1.000. The maximum Gasteiger partial charge on any atom is 0.335 e. The quantitative estimate of drug-likeness (QED) is 0.756. The van der Waals surface area contributed by atoms with Crippen LogP contribution in [0.2, 0.25) is 0 Å². The van der Waals surface area contributed by atoms with E-state index in [1.165, 1.54) is 12.1 Å². The highest BCUT2D eigenvalue weighted by molar-refractivity contribution is 5.87. The Balaban J connectivity index is 2.50. The Hall–Kier alpha value is -1.88. The predicted octanol–water partition coefficient (Wildman–Crippen LogP) is 0.986. The number of carboxylic acid groups (broad SMARTS) is 2. The van der Waals surface area contributed by atoms with Gasteiger partial charge >= 0.3 is 11.9 Å². The maximum absolute atomic E-state index is 10.5. The summed E-state index contributed by atoms with van der Waals surface area (Å²) < 4.78 is 4.83. The minimum absolute atomic E-state index is 0.159. The fourth-order valence-corrected chi connectivity index (χ4v) is 1.000. The van der Waals surface area contributed by atoms with Gasteiger partial charge in [-0.2, -0.15) is 0 Å². The van der Waals surface area contributed by atoms with Crippen molar-refractivity contribution in [3.63, 3.8) is 0 Å². The van der Waals surface area contributed by atoms with Crippen LogP contribution in [0.5, 0.6) is 0 Å². The van der Waals surface area contributed by atoms with E-state index < -0.39 is 11.9 Å². The van der Waals surface area contributed by atoms with Gasteiger partial charge in [0, 0.05) is 0 Å². The zero-order valence-electron chi connectivity index (χ0n) is 7.84. The topological polar surface area (TPSA) is 83.8 Å². The van der Waals surface area contributed by atoms with E-state index in [0.29, 0.717) is 0 Å². The van der Waals surface area contributed by atoms with Crippen molar-refractivity contribution in [2.45, 2.75) is 6.61 Å². The van der Waals surface area contributed by atoms with Gasteiger partial charge < -0.3 is 14.9 Å². The van der Waals surface area contributed by atoms with Crippen molar-refractivity contribution in [1.82, 2.24) is 0 Å². The monoisotopic (exact) mass is 210 g/mol. The smallest absolute Gasteiger partial charge is 0.335 e. The van der Waals surface area contributed by atoms with Gasteiger partial charge in [0.2, 0.25) is 0 Å². The summed E-state index contributed by atoms with van der Waals surface area (Å²) in [5.74, 6) is -2.02. The largest absolute Gasteiger partial charge is 0.480 e. The van der Waals surface area contributed by atoms with Gasteiger partial charge in [0.25, 0.3) is 0 Å². The molecule has 0 heterocycles. The van der Waals surface area contributed by atoms with Crippen LogP contribution in [0.25, 0.3) is 0 Å². The molecule has 80 valence electrons. The molecule has 0 radical (unpaired) electrons. The molecule has 5 nitrogen and oxygen atoms in total. The van der Waals surface area contributed by atoms with Crippen LogP contribution in [0.1, 0.15) is 15.9 Å². The highest BCUT2D eigenvalue weighted by Gasteiger charge is 2.02. The van der Waals surface area contributed by atoms with Gasteiger partial charge in [0.1, 0.15) is 6.61 Å². The molecule has 0 saturated carbocycles. The van der Waals surface area contributed by atoms with Crippen LogP contribution in [-0.4, -0.2) is 28.8 Å². The normalized spacial score (nSPS) is 9.87. The SMILES string of the molecule is O=C(O)COCc1ccc(C(=O)O)cc1. The number of hydrogen-bond donors (Lipinski definition) is 2. The van der Waals surface area contributed by atoms with Crippen molar-refractivity contribution in [2.75, 3.05) is 6.61 Å². The molecule has 0 unspecified atom stereocenters. The number of carboxylic acids is 2. The molecule has 0 spiro atoms. The van der Waals surface area contributed by atoms with Crippen molar-refractivity contribution in [1.29, 1.82) is 0 Å². The van der Waals surface area contributed by atoms with E-state index in [1.54, 1.807) is 12.1 Å². The maximum atomic E-state index is 10.5. The zero-order chi connectivity index (χ0) is 11.3. The third-order valence-electron chi connectivity index (χ3n) is 1.70. The second-order valence-electron chi connectivity index (χ2n) is 2.89. The highest BCUT2D eigenvalue weighted by atomic mass is 16.5. The second-order valence-corrected chi connectivity index (χ2v) is 2.89. The summed E-state index contributed by atoms with van der Waals surface area (Å²) in [7, 11) is 0. The summed E-state index contributed by atoms with van der Waals surface area (Å²) >= 11 is 0. The molecule has 0 fully saturated rings. The van der Waals surface area contributed by atoms with Crippen LogP contribution in [0.3, 0.4) is 0 Å². The minimum atomic E-state index is -1.03. The Labute approximate surface area is 85.9 Å². The molecule has 1 aromatic rings. The van der Waals surface area contributed by atoms with Crippen molar-refractivity contribution < 1.29 is 24.5 Å². The average molecular weight is 210 g/mol. The van der Waals surface area contributed by atoms with Crippen molar-refractivity contribution >= 4 is 11.9 Å². The fraction of sp³-hybridized carbons (Fsp3) is 0.200. The van der Waals surface area contributed by atoms with Gasteiger partial charge in [-0.05, 0) is 17.7 Å². The first-order chi connectivity index (χ1) is 7.09. The first kappa shape index (κ1) is 11.2. The summed E-state index contributed by atoms with van der Waals surface area (Å²) in [5.41, 5.74) is 0.929. The van der Waals surface area contributed by atoms with Gasteiger partial charge in [0.05, 0.1) is 12.2 Å². The van der Waals surface area contributed by atoms with Crippen LogP contribution < -0.4 is 0 Å². The lowest BCUT2D eigenvalue weighted by Crippen LogP contribution is -2.06. The van der Waals surface area contributed by atoms with Crippen molar-refractivity contribution in [3.05, 3.63) is 35.4 Å². The Kier molecular flexibility index (Phi) is 3.82. The molecule has 0 atom stereocenters. The number of aliphatic carboxylic acids is 1. The summed E-state index contributed by atoms with van der Waals surface area (Å²) in [4.78, 5) is 20.6. The number of aromatic carboxylic acids is 1. The Bertz CT molecular complexity index is 355. The van der Waals surface area contributed by atoms with Gasteiger partial charge in [0.15, 0.2) is 0 Å². The number of rotatable bonds is 5. The molecule has 0 saturated heterocycles. The number of benzene rings is 1. The van der Waals surface area contributed by atoms with E-state index in [9.17, 15) is 9.59 Å². The molecule has 0 amide bonds. The highest BCUT2D eigenvalue weighted by Crippen LogP contribution is 2.05. The number of hydrogen-bond acceptors (Lipinski definition) is 3. The van der Waals surface area contributed by atoms with Gasteiger partial charge in [-0.1, -0.05) is 12.1 Å². The zero-order valence-corrected chi connectivity index (χ0v) is 7.84. The van der Waals surface area contributed by atoms with E-state index in [0.717, 1.165) is 5.56 Å². The summed E-state index contributed by atoms with van der Waals surface area (Å²) in [6.07, 6.45) is 0. The number of ether oxygens (including phenoxy) is 1. The van der Waals surface area contributed by atoms with Crippen LogP contribution >= 0.6 is 0 Å². The van der Waals surface area contributed by atoms with Gasteiger partial charge in [-0.25, -0.2) is 9.59 Å². The van der Waals surface area contributed by atoms with E-state index in [4.69, 9.17) is 14.9 Å². The number of carbonyl (C=O) groups is 2. The third kappa shape index (κ3) is 3.78. The summed E-state index contributed by atoms with van der Waals surface area (Å²) in [5, 5.41) is 16.9. The predicted molar refractivity (Wildman–Crippen MR) is 50.7 cm³/mol. The molecular formula is C10H10O5. The molecule has 0 aromatic heterocycles. The minimum Gasteiger partial charge on any atom is -0.480 e. The van der Waals surface area contributed by atoms with Crippen molar-refractivity contribution in [2.24, 2.45) is 0 Å². The van der Waals surface area contributed by atoms with Crippen LogP contribution in [0, 0.1) is 0 Å². The molecular weight excluding hydrogens is 200 g/mol. The molecule has 0 aliphatic carbocycles. The Morgan fingerprint density at radius 1 is 1.13 bits per heavy atom. The summed E-state index contributed by atoms with van der Waals surface area (Å²) in [6, 6.07) is 6.07. The molecule has 0 aliphatic heterocycles. The van der Waals surface area contributed by atoms with Crippen LogP contribution in [0.15, 0.2) is 24.3 Å². The van der Waals surface area contributed by atoms with Crippen molar-refractivity contribution in [3.8, 4) is 0 Å². The van der Waals surface area contributed by atoms with E-state index in [1.807, 2.05) is 0 Å². The molecule has 1 aromatic carbocycles. The lowest BCUT2D eigenvalue weighted by atomic mass is 10.1. The second kappa shape index (κ2) is 5.11. The molecule has 0 bridgehead atoms. The van der Waals surface area contributed by atoms with Gasteiger partial charge in [-0.15, -0.1) is 0 Å². The average Bonchev–Trinajstić information content (AvgIpc) is 2.18. The standard InChI is InChI=1S/C10H10O5/c11-9(12)6-15-5-7-1-3-8(4-2-7)10(13)14/h1-4H,5-6H2,(H,11,12)(H,13,14). The molecule has 5 heteroatoms. The molecule has 1 rings (SSSR count). The molecule has 0 aliphatic rings. The van der Waals surface area contributed by atoms with E-state index in [2.05, 4.69) is 0 Å². The summed E-state index contributed by atoms with van der Waals surface area (Å²) in [6.45, 7) is -0.202. The first-order valence-electron chi connectivity index (χ1n) is 4.21. The van der Waals surface area contributed by atoms with Crippen LogP contribution in [0.4, 0.5) is 0 Å². The Morgan fingerprint density at radius 2 is 1.73 bits per heavy atom. The van der Waals surface area contributed by atoms with Gasteiger partial charge in [-0.3, -0.25) is 0 Å². The van der Waals surface area contributed by atoms with E-state index >= 15 is 0 Å². The van der Waals surface area contributed by atoms with E-state index in [-0.39, 0.29) is 18.8 Å². The van der Waals surface area contributed by atoms with Crippen LogP contribution in [-0.2, 0) is 16.1 Å².